The second kappa shape index (κ2) is 5.70. The van der Waals surface area contributed by atoms with Crippen molar-refractivity contribution in [2.24, 2.45) is 11.8 Å². The van der Waals surface area contributed by atoms with E-state index in [1.54, 1.807) is 0 Å². The Balaban J connectivity index is 1.49. The summed E-state index contributed by atoms with van der Waals surface area (Å²) in [5.41, 5.74) is 0. The number of nitrogens with zero attached hydrogens (tertiary/aromatic N) is 1. The van der Waals surface area contributed by atoms with Crippen molar-refractivity contribution in [2.75, 3.05) is 0 Å². The van der Waals surface area contributed by atoms with Crippen molar-refractivity contribution in [2.45, 2.75) is 64.5 Å². The van der Waals surface area contributed by atoms with Crippen LogP contribution in [-0.2, 0) is 6.54 Å². The summed E-state index contributed by atoms with van der Waals surface area (Å²) < 4.78 is 0. The van der Waals surface area contributed by atoms with Gasteiger partial charge in [-0.1, -0.05) is 25.7 Å². The third-order valence-electron chi connectivity index (χ3n) is 4.77. The summed E-state index contributed by atoms with van der Waals surface area (Å²) in [6.45, 7) is 3.11. The summed E-state index contributed by atoms with van der Waals surface area (Å²) in [6, 6.07) is 0.756. The van der Waals surface area contributed by atoms with Gasteiger partial charge in [0.15, 0.2) is 0 Å². The highest BCUT2D eigenvalue weighted by molar-refractivity contribution is 7.11. The molecule has 100 valence electrons. The lowest BCUT2D eigenvalue weighted by Gasteiger charge is -2.39. The molecule has 1 aromatic heterocycles. The molecule has 2 aliphatic carbocycles. The highest BCUT2D eigenvalue weighted by Crippen LogP contribution is 2.40. The fourth-order valence-corrected chi connectivity index (χ4v) is 4.54. The van der Waals surface area contributed by atoms with E-state index in [1.807, 2.05) is 17.5 Å². The van der Waals surface area contributed by atoms with Gasteiger partial charge in [-0.25, -0.2) is 4.98 Å². The molecule has 0 aliphatic heterocycles. The first-order valence-corrected chi connectivity index (χ1v) is 8.27. The van der Waals surface area contributed by atoms with Crippen LogP contribution in [0.15, 0.2) is 6.20 Å². The van der Waals surface area contributed by atoms with Crippen molar-refractivity contribution in [3.8, 4) is 0 Å². The Morgan fingerprint density at radius 3 is 2.83 bits per heavy atom. The SMILES string of the molecule is Cc1ncc(CNC2CCC3CCCCC3C2)s1. The van der Waals surface area contributed by atoms with Crippen LogP contribution in [0.4, 0.5) is 0 Å². The number of hydrogen-bond acceptors (Lipinski definition) is 3. The lowest BCUT2D eigenvalue weighted by atomic mass is 9.69. The van der Waals surface area contributed by atoms with Gasteiger partial charge < -0.3 is 5.32 Å². The molecule has 0 amide bonds. The first-order valence-electron chi connectivity index (χ1n) is 7.46. The van der Waals surface area contributed by atoms with Crippen molar-refractivity contribution >= 4 is 11.3 Å². The van der Waals surface area contributed by atoms with Gasteiger partial charge in [-0.15, -0.1) is 11.3 Å². The second-order valence-corrected chi connectivity index (χ2v) is 7.36. The minimum atomic E-state index is 0.756. The number of nitrogens with one attached hydrogen (secondary N) is 1. The summed E-state index contributed by atoms with van der Waals surface area (Å²) in [6.07, 6.45) is 12.2. The van der Waals surface area contributed by atoms with Crippen molar-refractivity contribution in [3.05, 3.63) is 16.1 Å². The molecule has 1 N–H and O–H groups in total. The fourth-order valence-electron chi connectivity index (χ4n) is 3.79. The minimum Gasteiger partial charge on any atom is -0.309 e. The first kappa shape index (κ1) is 12.6. The Kier molecular flexibility index (Phi) is 4.00. The number of thiazole rings is 1. The molecule has 3 atom stereocenters. The van der Waals surface area contributed by atoms with E-state index < -0.39 is 0 Å². The predicted octanol–water partition coefficient (Wildman–Crippen LogP) is 3.90. The highest BCUT2D eigenvalue weighted by atomic mass is 32.1. The third kappa shape index (κ3) is 2.94. The molecule has 3 unspecified atom stereocenters. The smallest absolute Gasteiger partial charge is 0.0897 e. The number of fused-ring (bicyclic) bond motifs is 1. The molecule has 0 aromatic carbocycles. The molecular formula is C15H24N2S. The van der Waals surface area contributed by atoms with E-state index in [0.717, 1.165) is 24.4 Å². The maximum absolute atomic E-state index is 4.32. The van der Waals surface area contributed by atoms with Gasteiger partial charge in [0.1, 0.15) is 0 Å². The molecule has 2 nitrogen and oxygen atoms in total. The molecule has 3 heteroatoms. The Bertz CT molecular complexity index is 388. The lowest BCUT2D eigenvalue weighted by Crippen LogP contribution is -2.38. The molecule has 2 fully saturated rings. The average Bonchev–Trinajstić information content (AvgIpc) is 2.82. The number of rotatable bonds is 3. The maximum Gasteiger partial charge on any atom is 0.0897 e. The third-order valence-corrected chi connectivity index (χ3v) is 5.69. The van der Waals surface area contributed by atoms with E-state index in [9.17, 15) is 0 Å². The quantitative estimate of drug-likeness (QED) is 0.895. The Hall–Kier alpha value is -0.410. The first-order chi connectivity index (χ1) is 8.81. The van der Waals surface area contributed by atoms with Gasteiger partial charge in [-0.05, 0) is 38.0 Å². The number of aromatic nitrogens is 1. The fraction of sp³-hybridized carbons (Fsp3) is 0.800. The molecule has 3 rings (SSSR count). The predicted molar refractivity (Wildman–Crippen MR) is 76.8 cm³/mol. The van der Waals surface area contributed by atoms with Crippen LogP contribution in [0, 0.1) is 18.8 Å². The van der Waals surface area contributed by atoms with Gasteiger partial charge in [0, 0.05) is 23.7 Å². The van der Waals surface area contributed by atoms with E-state index in [4.69, 9.17) is 0 Å². The Labute approximate surface area is 114 Å². The number of aryl methyl sites for hydroxylation is 1. The van der Waals surface area contributed by atoms with Gasteiger partial charge in [0.05, 0.1) is 5.01 Å². The van der Waals surface area contributed by atoms with Crippen molar-refractivity contribution in [3.63, 3.8) is 0 Å². The van der Waals surface area contributed by atoms with E-state index >= 15 is 0 Å². The monoisotopic (exact) mass is 264 g/mol. The summed E-state index contributed by atoms with van der Waals surface area (Å²) in [7, 11) is 0. The van der Waals surface area contributed by atoms with E-state index in [1.165, 1.54) is 54.8 Å². The minimum absolute atomic E-state index is 0.756. The van der Waals surface area contributed by atoms with Crippen LogP contribution in [-0.4, -0.2) is 11.0 Å². The van der Waals surface area contributed by atoms with Gasteiger partial charge in [0.25, 0.3) is 0 Å². The zero-order chi connectivity index (χ0) is 12.4. The standard InChI is InChI=1S/C15H24N2S/c1-11-16-9-15(18-11)10-17-14-7-6-12-4-2-3-5-13(12)8-14/h9,12-14,17H,2-8,10H2,1H3. The molecule has 2 saturated carbocycles. The molecule has 0 bridgehead atoms. The van der Waals surface area contributed by atoms with E-state index in [0.29, 0.717) is 0 Å². The molecule has 2 aliphatic rings. The zero-order valence-corrected chi connectivity index (χ0v) is 12.1. The van der Waals surface area contributed by atoms with Crippen molar-refractivity contribution < 1.29 is 0 Å². The molecular weight excluding hydrogens is 240 g/mol. The molecule has 0 saturated heterocycles. The topological polar surface area (TPSA) is 24.9 Å². The van der Waals surface area contributed by atoms with Crippen molar-refractivity contribution in [1.82, 2.24) is 10.3 Å². The largest absolute Gasteiger partial charge is 0.309 e. The van der Waals surface area contributed by atoms with E-state index in [2.05, 4.69) is 17.2 Å². The Morgan fingerprint density at radius 1 is 1.22 bits per heavy atom. The highest BCUT2D eigenvalue weighted by Gasteiger charge is 2.31. The van der Waals surface area contributed by atoms with Crippen LogP contribution in [0.3, 0.4) is 0 Å². The summed E-state index contributed by atoms with van der Waals surface area (Å²) >= 11 is 1.83. The van der Waals surface area contributed by atoms with Gasteiger partial charge in [-0.3, -0.25) is 0 Å². The van der Waals surface area contributed by atoms with Crippen LogP contribution in [0.1, 0.15) is 54.8 Å². The summed E-state index contributed by atoms with van der Waals surface area (Å²) in [5, 5.41) is 4.94. The van der Waals surface area contributed by atoms with Gasteiger partial charge in [0.2, 0.25) is 0 Å². The molecule has 0 spiro atoms. The molecule has 1 heterocycles. The normalized spacial score (nSPS) is 32.2. The van der Waals surface area contributed by atoms with E-state index in [-0.39, 0.29) is 0 Å². The van der Waals surface area contributed by atoms with Crippen LogP contribution in [0.2, 0.25) is 0 Å². The number of hydrogen-bond donors (Lipinski definition) is 1. The van der Waals surface area contributed by atoms with Crippen LogP contribution in [0.25, 0.3) is 0 Å². The zero-order valence-electron chi connectivity index (χ0n) is 11.3. The van der Waals surface area contributed by atoms with Crippen LogP contribution >= 0.6 is 11.3 Å². The molecule has 0 radical (unpaired) electrons. The molecule has 18 heavy (non-hydrogen) atoms. The average molecular weight is 264 g/mol. The van der Waals surface area contributed by atoms with Gasteiger partial charge in [-0.2, -0.15) is 0 Å². The van der Waals surface area contributed by atoms with Crippen LogP contribution in [0.5, 0.6) is 0 Å². The van der Waals surface area contributed by atoms with Crippen LogP contribution < -0.4 is 5.32 Å². The summed E-state index contributed by atoms with van der Waals surface area (Å²) in [4.78, 5) is 5.71. The van der Waals surface area contributed by atoms with Gasteiger partial charge >= 0.3 is 0 Å². The lowest BCUT2D eigenvalue weighted by molar-refractivity contribution is 0.143. The van der Waals surface area contributed by atoms with Crippen molar-refractivity contribution in [1.29, 1.82) is 0 Å². The second-order valence-electron chi connectivity index (χ2n) is 6.04. The Morgan fingerprint density at radius 2 is 2.06 bits per heavy atom. The summed E-state index contributed by atoms with van der Waals surface area (Å²) in [5.74, 6) is 2.08. The maximum atomic E-state index is 4.32. The molecule has 1 aromatic rings.